The number of hydrogen-bond acceptors (Lipinski definition) is 24. The number of Topliss-reactive ketones (excluding diaryl/α,β-unsaturated/α-hetero) is 4. The maximum atomic E-state index is 14.6. The third-order valence-electron chi connectivity index (χ3n) is 20.4. The SMILES string of the molecule is CC[C@@H]1c2cc3[nH]c4c(c3C)C(=O)C(C(=O)OC)c4c3nc(cc4[nH]c(cc(n2)[C@H]1C)c(C(C)=O)c4C)[C@H](C)[C@H]3CCC(=O)CCCCC(C(=O)NCCSSC[C@H](NC(=O)[C@@H](CC(=O)CC[C@H](NC(=O)c1ccc(NCc2cnc3nc(N)[nH]c(=O)c3n2)cc1)C(=O)O)CC(=O)NCCS(=O)(=O)O)C(=O)O)[N+](C)(C)C. The van der Waals surface area contributed by atoms with Gasteiger partial charge in [-0.3, -0.25) is 67.5 Å². The Kier molecular flexibility index (Phi) is 28.0. The van der Waals surface area contributed by atoms with Gasteiger partial charge in [0.2, 0.25) is 17.8 Å². The summed E-state index contributed by atoms with van der Waals surface area (Å²) in [5.41, 5.74) is 13.8. The zero-order chi connectivity index (χ0) is 81.1. The number of carboxylic acids is 2. The van der Waals surface area contributed by atoms with E-state index in [-0.39, 0.29) is 99.8 Å². The minimum Gasteiger partial charge on any atom is -0.480 e. The molecule has 3 aliphatic rings. The highest BCUT2D eigenvalue weighted by atomic mass is 33.1. The van der Waals surface area contributed by atoms with E-state index in [0.29, 0.717) is 92.8 Å². The molecule has 8 bridgehead atoms. The first-order chi connectivity index (χ1) is 52.5. The number of carbonyl (C=O) groups excluding carboxylic acids is 9. The molecule has 4 amide bonds. The second-order valence-corrected chi connectivity index (χ2v) is 33.2. The standard InChI is InChI=1S/C75H93N15O18S3/c1-11-47-36(2)50-32-55-59(40(6)91)38(4)52(83-55)30-51-37(3)48(63(84-51)61-62(74(104)108-10)66(95)60-39(5)53(85-64(60)61)31-54(47)82-50)22-20-45(92)14-12-13-15-57(90(7,8)9)70(98)78-24-26-109-110-35-56(73(102)103)87-69(97)42(29-58(94)77-25-27-111(105,106)107)28-46(93)21-23-49(72(100)101)86-68(96)41-16-18-43(19-17-41)79-33-44-34-80-67-65(81-44)71(99)89-75(76)88-67/h16-19,30-32,34,36-37,42,47-49,56-57,62H,11-15,20-29,33,35H2,1-10H3,(H12-,76,77,78,79,80,81,82,83,84,85,86,87,88,89,91,94,95,96,97,98,99,100,101,102,103,105,106,107)/p+1/t36-,37+,42-,47-,48+,49-,56-,57?,62?/m0/s1. The third-order valence-corrected chi connectivity index (χ3v) is 23.5. The van der Waals surface area contributed by atoms with Gasteiger partial charge in [0, 0.05) is 143 Å². The van der Waals surface area contributed by atoms with Crippen LogP contribution in [-0.2, 0) is 59.8 Å². The van der Waals surface area contributed by atoms with Gasteiger partial charge in [-0.2, -0.15) is 13.4 Å². The molecule has 0 spiro atoms. The molecule has 2 aliphatic heterocycles. The van der Waals surface area contributed by atoms with E-state index in [1.807, 2.05) is 60.1 Å². The van der Waals surface area contributed by atoms with Crippen molar-refractivity contribution in [1.29, 1.82) is 0 Å². The number of benzene rings is 1. The fourth-order valence-electron chi connectivity index (χ4n) is 14.3. The minimum atomic E-state index is -4.52. The predicted octanol–water partition coefficient (Wildman–Crippen LogP) is 6.68. The van der Waals surface area contributed by atoms with E-state index in [4.69, 9.17) is 20.4 Å². The van der Waals surface area contributed by atoms with Gasteiger partial charge >= 0.3 is 17.9 Å². The number of nitrogens with one attached hydrogen (secondary N) is 8. The van der Waals surface area contributed by atoms with Gasteiger partial charge in [-0.15, -0.1) is 0 Å². The van der Waals surface area contributed by atoms with Crippen LogP contribution >= 0.6 is 21.6 Å². The summed E-state index contributed by atoms with van der Waals surface area (Å²) in [5, 5.41) is 33.2. The molecule has 7 heterocycles. The number of carboxylic acid groups (broad SMARTS) is 2. The highest BCUT2D eigenvalue weighted by Gasteiger charge is 2.46. The Morgan fingerprint density at radius 1 is 0.739 bits per heavy atom. The number of quaternary nitrogens is 1. The fourth-order valence-corrected chi connectivity index (χ4v) is 16.7. The lowest BCUT2D eigenvalue weighted by Gasteiger charge is -2.33. The number of carbonyl (C=O) groups is 11. The molecule has 0 saturated carbocycles. The van der Waals surface area contributed by atoms with Crippen molar-refractivity contribution >= 4 is 141 Å². The van der Waals surface area contributed by atoms with E-state index < -0.39 is 137 Å². The van der Waals surface area contributed by atoms with E-state index in [1.54, 1.807) is 0 Å². The van der Waals surface area contributed by atoms with Crippen LogP contribution in [0, 0.1) is 19.8 Å². The Morgan fingerprint density at radius 2 is 1.41 bits per heavy atom. The lowest BCUT2D eigenvalue weighted by Crippen LogP contribution is -2.54. The van der Waals surface area contributed by atoms with Crippen molar-refractivity contribution in [2.45, 2.75) is 166 Å². The van der Waals surface area contributed by atoms with Gasteiger partial charge in [-0.05, 0) is 106 Å². The predicted molar refractivity (Wildman–Crippen MR) is 416 cm³/mol. The van der Waals surface area contributed by atoms with E-state index in [1.165, 1.54) is 55.3 Å². The summed E-state index contributed by atoms with van der Waals surface area (Å²) in [6.07, 6.45) is 1.80. The van der Waals surface area contributed by atoms with Crippen LogP contribution in [0.25, 0.3) is 33.2 Å². The van der Waals surface area contributed by atoms with Crippen molar-refractivity contribution in [3.8, 4) is 0 Å². The summed E-state index contributed by atoms with van der Waals surface area (Å²) in [6.45, 7) is 11.1. The molecule has 5 aromatic heterocycles. The van der Waals surface area contributed by atoms with Crippen LogP contribution in [0.15, 0.2) is 53.5 Å². The molecular formula is C75H94N15O18S3+. The molecule has 1 aliphatic carbocycles. The van der Waals surface area contributed by atoms with Crippen LogP contribution in [0.5, 0.6) is 0 Å². The average Bonchev–Trinajstić information content (AvgIpc) is 1.56. The zero-order valence-electron chi connectivity index (χ0n) is 63.3. The van der Waals surface area contributed by atoms with Gasteiger partial charge in [0.1, 0.15) is 29.6 Å². The number of H-pyrrole nitrogens is 3. The monoisotopic (exact) mass is 1590 g/mol. The first-order valence-electron chi connectivity index (χ1n) is 36.4. The summed E-state index contributed by atoms with van der Waals surface area (Å²) < 4.78 is 37.4. The molecule has 1 aromatic carbocycles. The molecule has 111 heavy (non-hydrogen) atoms. The van der Waals surface area contributed by atoms with Crippen LogP contribution in [0.1, 0.15) is 204 Å². The largest absolute Gasteiger partial charge is 0.480 e. The second-order valence-electron chi connectivity index (χ2n) is 29.0. The molecule has 0 saturated heterocycles. The highest BCUT2D eigenvalue weighted by molar-refractivity contribution is 8.76. The van der Waals surface area contributed by atoms with E-state index in [9.17, 15) is 80.7 Å². The van der Waals surface area contributed by atoms with Crippen LogP contribution in [0.4, 0.5) is 11.6 Å². The highest BCUT2D eigenvalue weighted by Crippen LogP contribution is 2.49. The van der Waals surface area contributed by atoms with Crippen LogP contribution in [0.3, 0.4) is 0 Å². The number of aromatic nitrogens is 8. The Balaban J connectivity index is 0.766. The second kappa shape index (κ2) is 36.7. The summed E-state index contributed by atoms with van der Waals surface area (Å²) in [4.78, 5) is 192. The number of nitrogens with zero attached hydrogens (tertiary/aromatic N) is 6. The van der Waals surface area contributed by atoms with Crippen LogP contribution < -0.4 is 37.9 Å². The lowest BCUT2D eigenvalue weighted by molar-refractivity contribution is -0.886. The summed E-state index contributed by atoms with van der Waals surface area (Å²) in [5.74, 6) is -12.6. The topological polar surface area (TPSA) is 507 Å². The van der Waals surface area contributed by atoms with Gasteiger partial charge in [-0.1, -0.05) is 42.4 Å². The zero-order valence-corrected chi connectivity index (χ0v) is 65.7. The molecule has 0 fully saturated rings. The number of esters is 1. The van der Waals surface area contributed by atoms with Gasteiger partial charge in [-0.25, -0.2) is 19.6 Å². The van der Waals surface area contributed by atoms with Crippen molar-refractivity contribution in [3.05, 3.63) is 121 Å². The molecule has 0 radical (unpaired) electrons. The van der Waals surface area contributed by atoms with Crippen molar-refractivity contribution in [2.75, 3.05) is 69.7 Å². The molecule has 36 heteroatoms. The minimum absolute atomic E-state index is 0.0130. The number of ether oxygens (including phenoxy) is 1. The van der Waals surface area contributed by atoms with Gasteiger partial charge in [0.15, 0.2) is 28.8 Å². The van der Waals surface area contributed by atoms with E-state index in [0.717, 1.165) is 34.2 Å². The third kappa shape index (κ3) is 21.0. The Morgan fingerprint density at radius 3 is 2.08 bits per heavy atom. The number of methoxy groups -OCH3 is 1. The molecule has 9 atom stereocenters. The average molecular weight is 1590 g/mol. The number of aryl methyl sites for hydroxylation is 2. The number of unbranched alkanes of at least 4 members (excludes halogenated alkanes) is 1. The molecule has 2 unspecified atom stereocenters. The summed E-state index contributed by atoms with van der Waals surface area (Å²) >= 11 is 0. The van der Waals surface area contributed by atoms with Gasteiger partial charge in [0.05, 0.1) is 75.1 Å². The Hall–Kier alpha value is -10.3. The Bertz CT molecular complexity index is 5000. The first kappa shape index (κ1) is 84.7. The quantitative estimate of drug-likeness (QED) is 0.00366. The number of nitrogen functional groups attached to an aromatic ring is 1. The van der Waals surface area contributed by atoms with Gasteiger partial charge in [0.25, 0.3) is 27.5 Å². The summed E-state index contributed by atoms with van der Waals surface area (Å²) in [6, 6.07) is 7.93. The fraction of sp³-hybridized carbons (Fsp3) is 0.480. The number of aliphatic carboxylic acids is 2. The lowest BCUT2D eigenvalue weighted by atomic mass is 9.83. The molecule has 6 aromatic rings. The molecule has 9 rings (SSSR count). The van der Waals surface area contributed by atoms with E-state index in [2.05, 4.69) is 70.3 Å². The maximum Gasteiger partial charge on any atom is 0.327 e. The molecule has 594 valence electrons. The number of nitrogens with two attached hydrogens (primary N) is 1. The summed E-state index contributed by atoms with van der Waals surface area (Å²) in [7, 11) is 4.59. The number of anilines is 2. The van der Waals surface area contributed by atoms with E-state index >= 15 is 0 Å². The van der Waals surface area contributed by atoms with Crippen molar-refractivity contribution in [3.63, 3.8) is 0 Å². The van der Waals surface area contributed by atoms with Crippen molar-refractivity contribution in [2.24, 2.45) is 5.92 Å². The normalized spacial score (nSPS) is 17.1. The van der Waals surface area contributed by atoms with Crippen molar-refractivity contribution in [1.82, 2.24) is 61.1 Å². The Labute approximate surface area is 647 Å². The first-order valence-corrected chi connectivity index (χ1v) is 40.5. The molecule has 33 nitrogen and oxygen atoms in total. The smallest absolute Gasteiger partial charge is 0.327 e. The number of fused-ring (bicyclic) bond motifs is 9. The van der Waals surface area contributed by atoms with Crippen LogP contribution in [0.2, 0.25) is 0 Å². The molecule has 13 N–H and O–H groups in total. The number of rotatable bonds is 38. The number of amides is 4. The maximum absolute atomic E-state index is 14.6. The van der Waals surface area contributed by atoms with Crippen LogP contribution in [-0.4, -0.2) is 209 Å². The van der Waals surface area contributed by atoms with Crippen molar-refractivity contribution < 1.29 is 85.1 Å². The van der Waals surface area contributed by atoms with Gasteiger partial charge < -0.3 is 61.7 Å². The number of aromatic amines is 3. The molecular weight excluding hydrogens is 1500 g/mol. The number of likely N-dealkylation sites (N-methyl/N-ethyl adjacent to an activating group) is 1. The number of hydrogen-bond donors (Lipinski definition) is 12. The number of ketones is 4.